The summed E-state index contributed by atoms with van der Waals surface area (Å²) in [7, 11) is 0. The lowest BCUT2D eigenvalue weighted by Gasteiger charge is -2.07. The normalized spacial score (nSPS) is 10.5. The second kappa shape index (κ2) is 8.01. The molecule has 108 valence electrons. The Morgan fingerprint density at radius 1 is 1.25 bits per heavy atom. The molecule has 2 rings (SSSR count). The number of anilines is 1. The van der Waals surface area contributed by atoms with Crippen molar-refractivity contribution < 1.29 is 4.74 Å². The van der Waals surface area contributed by atoms with E-state index in [2.05, 4.69) is 32.2 Å². The quantitative estimate of drug-likeness (QED) is 0.803. The van der Waals surface area contributed by atoms with Crippen molar-refractivity contribution in [1.82, 2.24) is 19.9 Å². The molecule has 0 aromatic carbocycles. The van der Waals surface area contributed by atoms with Crippen LogP contribution in [0.4, 0.5) is 5.95 Å². The Hall–Kier alpha value is -1.41. The average molecular weight is 311 g/mol. The highest BCUT2D eigenvalue weighted by molar-refractivity contribution is 8.00. The molecule has 2 aromatic rings. The van der Waals surface area contributed by atoms with Gasteiger partial charge in [0, 0.05) is 18.1 Å². The van der Waals surface area contributed by atoms with Crippen LogP contribution >= 0.6 is 23.1 Å². The minimum atomic E-state index is 0.361. The topological polar surface area (TPSA) is 72.8 Å². The number of rotatable bonds is 8. The van der Waals surface area contributed by atoms with Gasteiger partial charge in [-0.15, -0.1) is 11.3 Å². The summed E-state index contributed by atoms with van der Waals surface area (Å²) in [6, 6.07) is 0.361. The number of nitrogens with one attached hydrogen (secondary N) is 1. The van der Waals surface area contributed by atoms with Gasteiger partial charge in [0.15, 0.2) is 4.34 Å². The highest BCUT2D eigenvalue weighted by Crippen LogP contribution is 2.27. The molecule has 0 aliphatic carbocycles. The third-order valence-corrected chi connectivity index (χ3v) is 3.90. The van der Waals surface area contributed by atoms with Crippen molar-refractivity contribution >= 4 is 29.0 Å². The van der Waals surface area contributed by atoms with Crippen LogP contribution in [-0.4, -0.2) is 33.1 Å². The van der Waals surface area contributed by atoms with E-state index in [0.717, 1.165) is 23.7 Å². The molecule has 2 aromatic heterocycles. The second-order valence-electron chi connectivity index (χ2n) is 3.90. The molecule has 0 fully saturated rings. The van der Waals surface area contributed by atoms with E-state index < -0.39 is 0 Å². The lowest BCUT2D eigenvalue weighted by Crippen LogP contribution is -2.08. The Balaban J connectivity index is 2.15. The van der Waals surface area contributed by atoms with Crippen LogP contribution < -0.4 is 10.1 Å². The lowest BCUT2D eigenvalue weighted by atomic mass is 10.5. The van der Waals surface area contributed by atoms with E-state index in [0.29, 0.717) is 23.7 Å². The van der Waals surface area contributed by atoms with Crippen molar-refractivity contribution in [2.75, 3.05) is 18.5 Å². The minimum absolute atomic E-state index is 0.361. The van der Waals surface area contributed by atoms with E-state index in [1.54, 1.807) is 17.5 Å². The van der Waals surface area contributed by atoms with Crippen LogP contribution in [-0.2, 0) is 0 Å². The van der Waals surface area contributed by atoms with Crippen LogP contribution in [0.25, 0.3) is 0 Å². The van der Waals surface area contributed by atoms with E-state index in [4.69, 9.17) is 4.74 Å². The fraction of sp³-hybridized carbons (Fsp3) is 0.500. The van der Waals surface area contributed by atoms with Gasteiger partial charge < -0.3 is 10.1 Å². The molecule has 0 atom stereocenters. The largest absolute Gasteiger partial charge is 0.463 e. The Morgan fingerprint density at radius 2 is 2.15 bits per heavy atom. The molecule has 0 unspecified atom stereocenters. The zero-order chi connectivity index (χ0) is 14.2. The monoisotopic (exact) mass is 311 g/mol. The first-order valence-electron chi connectivity index (χ1n) is 6.52. The SMILES string of the molecule is CCCNc1nc(OCCC)nc(Sc2nccs2)n1. The van der Waals surface area contributed by atoms with Gasteiger partial charge in [-0.2, -0.15) is 15.0 Å². The predicted octanol–water partition coefficient (Wildman–Crippen LogP) is 3.09. The Morgan fingerprint density at radius 3 is 2.85 bits per heavy atom. The molecule has 0 saturated carbocycles. The Kier molecular flexibility index (Phi) is 6.00. The molecule has 0 spiro atoms. The van der Waals surface area contributed by atoms with Crippen molar-refractivity contribution in [1.29, 1.82) is 0 Å². The molecule has 6 nitrogen and oxygen atoms in total. The number of thiazole rings is 1. The van der Waals surface area contributed by atoms with Gasteiger partial charge in [-0.3, -0.25) is 0 Å². The Bertz CT molecular complexity index is 494. The summed E-state index contributed by atoms with van der Waals surface area (Å²) in [6.07, 6.45) is 3.68. The third kappa shape index (κ3) is 4.61. The second-order valence-corrected chi connectivity index (χ2v) is 6.01. The molecule has 1 N–H and O–H groups in total. The average Bonchev–Trinajstić information content (AvgIpc) is 2.95. The van der Waals surface area contributed by atoms with Gasteiger partial charge in [0.1, 0.15) is 0 Å². The van der Waals surface area contributed by atoms with Crippen molar-refractivity contribution in [3.8, 4) is 6.01 Å². The van der Waals surface area contributed by atoms with Crippen LogP contribution in [0, 0.1) is 0 Å². The number of ether oxygens (including phenoxy) is 1. The number of hydrogen-bond acceptors (Lipinski definition) is 8. The predicted molar refractivity (Wildman–Crippen MR) is 80.6 cm³/mol. The summed E-state index contributed by atoms with van der Waals surface area (Å²) in [4.78, 5) is 17.1. The zero-order valence-electron chi connectivity index (χ0n) is 11.5. The van der Waals surface area contributed by atoms with E-state index in [1.807, 2.05) is 12.3 Å². The fourth-order valence-electron chi connectivity index (χ4n) is 1.30. The molecule has 20 heavy (non-hydrogen) atoms. The third-order valence-electron chi connectivity index (χ3n) is 2.15. The minimum Gasteiger partial charge on any atom is -0.463 e. The molecular weight excluding hydrogens is 294 g/mol. The highest BCUT2D eigenvalue weighted by atomic mass is 32.2. The first-order valence-corrected chi connectivity index (χ1v) is 8.21. The fourth-order valence-corrected chi connectivity index (χ4v) is 2.76. The number of hydrogen-bond donors (Lipinski definition) is 1. The van der Waals surface area contributed by atoms with Crippen molar-refractivity contribution in [3.63, 3.8) is 0 Å². The molecule has 0 saturated heterocycles. The van der Waals surface area contributed by atoms with Gasteiger partial charge in [-0.1, -0.05) is 13.8 Å². The zero-order valence-corrected chi connectivity index (χ0v) is 13.1. The molecule has 0 amide bonds. The van der Waals surface area contributed by atoms with Crippen LogP contribution in [0.3, 0.4) is 0 Å². The van der Waals surface area contributed by atoms with Gasteiger partial charge >= 0.3 is 6.01 Å². The van der Waals surface area contributed by atoms with E-state index in [9.17, 15) is 0 Å². The summed E-state index contributed by atoms with van der Waals surface area (Å²) in [5, 5.41) is 5.68. The van der Waals surface area contributed by atoms with Crippen LogP contribution in [0.5, 0.6) is 6.01 Å². The summed E-state index contributed by atoms with van der Waals surface area (Å²) < 4.78 is 6.41. The summed E-state index contributed by atoms with van der Waals surface area (Å²) in [5.41, 5.74) is 0. The molecule has 0 radical (unpaired) electrons. The van der Waals surface area contributed by atoms with Crippen molar-refractivity contribution in [2.45, 2.75) is 36.2 Å². The maximum Gasteiger partial charge on any atom is 0.322 e. The van der Waals surface area contributed by atoms with Gasteiger partial charge in [0.05, 0.1) is 6.61 Å². The summed E-state index contributed by atoms with van der Waals surface area (Å²) in [6.45, 7) is 5.55. The smallest absolute Gasteiger partial charge is 0.322 e. The first kappa shape index (κ1) is 15.0. The van der Waals surface area contributed by atoms with Crippen molar-refractivity contribution in [3.05, 3.63) is 11.6 Å². The molecule has 2 heterocycles. The van der Waals surface area contributed by atoms with Crippen LogP contribution in [0.15, 0.2) is 21.1 Å². The number of nitrogens with zero attached hydrogens (tertiary/aromatic N) is 4. The van der Waals surface area contributed by atoms with E-state index in [-0.39, 0.29) is 0 Å². The standard InChI is InChI=1S/C12H17N5OS2/c1-3-5-13-9-15-10(18-7-4-2)17-11(16-9)20-12-14-6-8-19-12/h6,8H,3-5,7H2,1-2H3,(H,13,15,16,17). The lowest BCUT2D eigenvalue weighted by molar-refractivity contribution is 0.288. The van der Waals surface area contributed by atoms with Gasteiger partial charge in [-0.25, -0.2) is 4.98 Å². The van der Waals surface area contributed by atoms with Crippen LogP contribution in [0.1, 0.15) is 26.7 Å². The van der Waals surface area contributed by atoms with E-state index >= 15 is 0 Å². The van der Waals surface area contributed by atoms with Crippen molar-refractivity contribution in [2.24, 2.45) is 0 Å². The maximum absolute atomic E-state index is 5.50. The van der Waals surface area contributed by atoms with Gasteiger partial charge in [0.2, 0.25) is 11.1 Å². The first-order chi connectivity index (χ1) is 9.81. The molecule has 0 aliphatic heterocycles. The van der Waals surface area contributed by atoms with Gasteiger partial charge in [-0.05, 0) is 24.6 Å². The van der Waals surface area contributed by atoms with E-state index in [1.165, 1.54) is 11.8 Å². The summed E-state index contributed by atoms with van der Waals surface area (Å²) >= 11 is 2.97. The Labute approximate surface area is 126 Å². The van der Waals surface area contributed by atoms with Crippen LogP contribution in [0.2, 0.25) is 0 Å². The summed E-state index contributed by atoms with van der Waals surface area (Å²) in [5.74, 6) is 0.548. The molecular formula is C12H17N5OS2. The number of aromatic nitrogens is 4. The molecule has 8 heteroatoms. The highest BCUT2D eigenvalue weighted by Gasteiger charge is 2.10. The molecule has 0 aliphatic rings. The maximum atomic E-state index is 5.50. The van der Waals surface area contributed by atoms with Gasteiger partial charge in [0.25, 0.3) is 0 Å². The molecule has 0 bridgehead atoms.